The first kappa shape index (κ1) is 22.8. The molecule has 1 saturated carbocycles. The highest BCUT2D eigenvalue weighted by Crippen LogP contribution is 2.47. The van der Waals surface area contributed by atoms with E-state index in [1.807, 2.05) is 25.1 Å². The third-order valence-electron chi connectivity index (χ3n) is 5.24. The smallest absolute Gasteiger partial charge is 0.309 e. The number of carbonyl (C=O) groups is 1. The summed E-state index contributed by atoms with van der Waals surface area (Å²) in [5.74, 6) is 0.0631. The summed E-state index contributed by atoms with van der Waals surface area (Å²) in [7, 11) is 0. The van der Waals surface area contributed by atoms with E-state index < -0.39 is 11.9 Å². The van der Waals surface area contributed by atoms with Gasteiger partial charge in [-0.25, -0.2) is 0 Å². The molecule has 1 N–H and O–H groups in total. The highest BCUT2D eigenvalue weighted by atomic mass is 79.9. The van der Waals surface area contributed by atoms with Gasteiger partial charge in [0.15, 0.2) is 11.5 Å². The SMILES string of the molecule is Cc1cc(NC(=O)CCn2nc(C(F)(F)F)c(Br)c2C2CC2)nn1Cc1ccccc1Cl. The molecule has 1 amide bonds. The lowest BCUT2D eigenvalue weighted by molar-refractivity contribution is -0.142. The molecular formula is C21H20BrClF3N5O. The Hall–Kier alpha value is -2.33. The number of carbonyl (C=O) groups excluding carboxylic acids is 1. The van der Waals surface area contributed by atoms with Crippen LogP contribution in [0.2, 0.25) is 5.02 Å². The fourth-order valence-electron chi connectivity index (χ4n) is 3.48. The summed E-state index contributed by atoms with van der Waals surface area (Å²) in [4.78, 5) is 12.4. The van der Waals surface area contributed by atoms with Gasteiger partial charge in [0.05, 0.1) is 23.3 Å². The first-order valence-electron chi connectivity index (χ1n) is 10.0. The molecule has 0 spiro atoms. The lowest BCUT2D eigenvalue weighted by Gasteiger charge is -2.07. The number of nitrogens with zero attached hydrogens (tertiary/aromatic N) is 4. The van der Waals surface area contributed by atoms with Gasteiger partial charge >= 0.3 is 6.18 Å². The van der Waals surface area contributed by atoms with Gasteiger partial charge in [-0.1, -0.05) is 29.8 Å². The Balaban J connectivity index is 1.42. The second kappa shape index (κ2) is 8.90. The Labute approximate surface area is 195 Å². The van der Waals surface area contributed by atoms with Crippen molar-refractivity contribution in [1.82, 2.24) is 19.6 Å². The van der Waals surface area contributed by atoms with Crippen molar-refractivity contribution in [3.8, 4) is 0 Å². The predicted molar refractivity (Wildman–Crippen MR) is 118 cm³/mol. The molecule has 170 valence electrons. The third kappa shape index (κ3) is 5.01. The van der Waals surface area contributed by atoms with Crippen molar-refractivity contribution in [2.75, 3.05) is 5.32 Å². The van der Waals surface area contributed by atoms with Crippen LogP contribution in [0.3, 0.4) is 0 Å². The third-order valence-corrected chi connectivity index (χ3v) is 6.39. The van der Waals surface area contributed by atoms with Crippen LogP contribution in [0, 0.1) is 6.92 Å². The zero-order valence-corrected chi connectivity index (χ0v) is 19.4. The Kier molecular flexibility index (Phi) is 6.35. The summed E-state index contributed by atoms with van der Waals surface area (Å²) in [5.41, 5.74) is 1.29. The fourth-order valence-corrected chi connectivity index (χ4v) is 4.51. The molecule has 2 heterocycles. The summed E-state index contributed by atoms with van der Waals surface area (Å²) in [5, 5.41) is 11.5. The number of anilines is 1. The number of aryl methyl sites for hydroxylation is 2. The van der Waals surface area contributed by atoms with Crippen molar-refractivity contribution < 1.29 is 18.0 Å². The molecule has 1 fully saturated rings. The van der Waals surface area contributed by atoms with Gasteiger partial charge in [-0.3, -0.25) is 14.2 Å². The number of aromatic nitrogens is 4. The maximum atomic E-state index is 13.2. The van der Waals surface area contributed by atoms with Gasteiger partial charge < -0.3 is 5.32 Å². The van der Waals surface area contributed by atoms with Crippen LogP contribution >= 0.6 is 27.5 Å². The van der Waals surface area contributed by atoms with Crippen molar-refractivity contribution in [2.45, 2.75) is 51.4 Å². The standard InChI is InChI=1S/C21H20BrClF3N5O/c1-12-10-16(28-31(12)11-14-4-2-3-5-15(14)23)27-17(32)8-9-30-19(13-6-7-13)18(22)20(29-30)21(24,25)26/h2-5,10,13H,6-9,11H2,1H3,(H,27,28,32). The molecule has 2 aromatic heterocycles. The van der Waals surface area contributed by atoms with Crippen LogP contribution < -0.4 is 5.32 Å². The molecular weight excluding hydrogens is 511 g/mol. The number of halogens is 5. The van der Waals surface area contributed by atoms with E-state index in [9.17, 15) is 18.0 Å². The van der Waals surface area contributed by atoms with Crippen molar-refractivity contribution in [3.05, 3.63) is 62.5 Å². The first-order valence-corrected chi connectivity index (χ1v) is 11.2. The van der Waals surface area contributed by atoms with Crippen LogP contribution in [0.15, 0.2) is 34.8 Å². The van der Waals surface area contributed by atoms with Gasteiger partial charge in [-0.15, -0.1) is 0 Å². The molecule has 32 heavy (non-hydrogen) atoms. The lowest BCUT2D eigenvalue weighted by atomic mass is 10.2. The molecule has 0 radical (unpaired) electrons. The van der Waals surface area contributed by atoms with Crippen molar-refractivity contribution in [2.24, 2.45) is 0 Å². The summed E-state index contributed by atoms with van der Waals surface area (Å²) < 4.78 is 42.7. The summed E-state index contributed by atoms with van der Waals surface area (Å²) >= 11 is 9.26. The lowest BCUT2D eigenvalue weighted by Crippen LogP contribution is -2.17. The van der Waals surface area contributed by atoms with Gasteiger partial charge in [-0.05, 0) is 47.3 Å². The molecule has 0 saturated heterocycles. The normalized spacial score (nSPS) is 14.1. The van der Waals surface area contributed by atoms with E-state index in [4.69, 9.17) is 11.6 Å². The minimum absolute atomic E-state index is 0.0261. The fraction of sp³-hybridized carbons (Fsp3) is 0.381. The zero-order chi connectivity index (χ0) is 23.0. The van der Waals surface area contributed by atoms with E-state index in [-0.39, 0.29) is 29.3 Å². The minimum atomic E-state index is -4.55. The topological polar surface area (TPSA) is 64.7 Å². The molecule has 1 aromatic carbocycles. The van der Waals surface area contributed by atoms with Crippen LogP contribution in [0.4, 0.5) is 19.0 Å². The van der Waals surface area contributed by atoms with Crippen LogP contribution in [0.1, 0.15) is 47.8 Å². The number of alkyl halides is 3. The van der Waals surface area contributed by atoms with Gasteiger partial charge in [0.2, 0.25) is 5.91 Å². The van der Waals surface area contributed by atoms with E-state index in [2.05, 4.69) is 31.4 Å². The van der Waals surface area contributed by atoms with Crippen LogP contribution in [-0.4, -0.2) is 25.5 Å². The second-order valence-corrected chi connectivity index (χ2v) is 8.96. The maximum Gasteiger partial charge on any atom is 0.436 e. The molecule has 3 aromatic rings. The van der Waals surface area contributed by atoms with Gasteiger partial charge in [0.1, 0.15) is 0 Å². The molecule has 4 rings (SSSR count). The molecule has 6 nitrogen and oxygen atoms in total. The van der Waals surface area contributed by atoms with Crippen LogP contribution in [-0.2, 0) is 24.1 Å². The summed E-state index contributed by atoms with van der Waals surface area (Å²) in [6.07, 6.45) is -2.95. The average molecular weight is 531 g/mol. The molecule has 1 aliphatic rings. The predicted octanol–water partition coefficient (Wildman–Crippen LogP) is 5.78. The number of nitrogens with one attached hydrogen (secondary N) is 1. The van der Waals surface area contributed by atoms with Crippen LogP contribution in [0.25, 0.3) is 0 Å². The summed E-state index contributed by atoms with van der Waals surface area (Å²) in [6, 6.07) is 9.16. The molecule has 0 unspecified atom stereocenters. The zero-order valence-electron chi connectivity index (χ0n) is 17.1. The number of hydrogen-bond donors (Lipinski definition) is 1. The first-order chi connectivity index (χ1) is 15.1. The number of amides is 1. The Bertz CT molecular complexity index is 1150. The van der Waals surface area contributed by atoms with Crippen LogP contribution in [0.5, 0.6) is 0 Å². The van der Waals surface area contributed by atoms with E-state index in [0.717, 1.165) is 24.1 Å². The molecule has 0 aliphatic heterocycles. The van der Waals surface area contributed by atoms with Gasteiger partial charge in [0.25, 0.3) is 0 Å². The molecule has 0 bridgehead atoms. The van der Waals surface area contributed by atoms with Gasteiger partial charge in [-0.2, -0.15) is 23.4 Å². The summed E-state index contributed by atoms with van der Waals surface area (Å²) in [6.45, 7) is 2.36. The minimum Gasteiger partial charge on any atom is -0.309 e. The molecule has 1 aliphatic carbocycles. The van der Waals surface area contributed by atoms with E-state index in [1.54, 1.807) is 16.8 Å². The highest BCUT2D eigenvalue weighted by Gasteiger charge is 2.41. The Morgan fingerprint density at radius 2 is 1.97 bits per heavy atom. The average Bonchev–Trinajstić information content (AvgIpc) is 3.40. The largest absolute Gasteiger partial charge is 0.436 e. The number of hydrogen-bond acceptors (Lipinski definition) is 3. The quantitative estimate of drug-likeness (QED) is 0.421. The van der Waals surface area contributed by atoms with E-state index >= 15 is 0 Å². The van der Waals surface area contributed by atoms with Gasteiger partial charge in [0, 0.05) is 29.1 Å². The van der Waals surface area contributed by atoms with Crippen molar-refractivity contribution >= 4 is 39.3 Å². The molecule has 0 atom stereocenters. The second-order valence-electron chi connectivity index (χ2n) is 7.76. The van der Waals surface area contributed by atoms with Crippen molar-refractivity contribution in [1.29, 1.82) is 0 Å². The number of rotatable bonds is 7. The van der Waals surface area contributed by atoms with E-state index in [0.29, 0.717) is 23.1 Å². The highest BCUT2D eigenvalue weighted by molar-refractivity contribution is 9.10. The van der Waals surface area contributed by atoms with Crippen molar-refractivity contribution in [3.63, 3.8) is 0 Å². The number of benzene rings is 1. The maximum absolute atomic E-state index is 13.2. The monoisotopic (exact) mass is 529 g/mol. The Morgan fingerprint density at radius 3 is 2.62 bits per heavy atom. The van der Waals surface area contributed by atoms with E-state index in [1.165, 1.54) is 4.68 Å². The Morgan fingerprint density at radius 1 is 1.25 bits per heavy atom. The molecule has 11 heteroatoms.